The van der Waals surface area contributed by atoms with Crippen LogP contribution in [0, 0.1) is 0 Å². The fourth-order valence-electron chi connectivity index (χ4n) is 1.35. The van der Waals surface area contributed by atoms with Gasteiger partial charge in [0.25, 0.3) is 0 Å². The maximum atomic E-state index is 11.5. The van der Waals surface area contributed by atoms with E-state index in [-0.39, 0.29) is 17.0 Å². The lowest BCUT2D eigenvalue weighted by atomic mass is 10.3. The average molecular weight is 334 g/mol. The highest BCUT2D eigenvalue weighted by Crippen LogP contribution is 2.25. The number of nitrogens with one attached hydrogen (secondary N) is 2. The predicted molar refractivity (Wildman–Crippen MR) is 70.7 cm³/mol. The van der Waals surface area contributed by atoms with Crippen LogP contribution in [0.4, 0.5) is 10.5 Å². The first-order valence-corrected chi connectivity index (χ1v) is 7.60. The zero-order chi connectivity index (χ0) is 13.3. The molecule has 1 aromatic rings. The molecule has 0 bridgehead atoms. The Hall–Kier alpha value is -1.12. The molecule has 18 heavy (non-hydrogen) atoms. The quantitative estimate of drug-likeness (QED) is 0.778. The van der Waals surface area contributed by atoms with Crippen molar-refractivity contribution in [2.75, 3.05) is 5.32 Å². The summed E-state index contributed by atoms with van der Waals surface area (Å²) in [6.45, 7) is 0. The molecule has 98 valence electrons. The molecule has 2 rings (SSSR count). The van der Waals surface area contributed by atoms with E-state index in [1.54, 1.807) is 0 Å². The van der Waals surface area contributed by atoms with Crippen molar-refractivity contribution < 1.29 is 13.2 Å². The topological polar surface area (TPSA) is 101 Å². The number of rotatable bonds is 3. The zero-order valence-electron chi connectivity index (χ0n) is 9.31. The summed E-state index contributed by atoms with van der Waals surface area (Å²) < 4.78 is 22.7. The summed E-state index contributed by atoms with van der Waals surface area (Å²) in [6, 6.07) is 4.12. The fraction of sp³-hybridized carbons (Fsp3) is 0.300. The molecular formula is C10H12BrN3O3S. The highest BCUT2D eigenvalue weighted by atomic mass is 79.9. The second kappa shape index (κ2) is 4.87. The van der Waals surface area contributed by atoms with Crippen LogP contribution in [-0.2, 0) is 10.0 Å². The van der Waals surface area contributed by atoms with Crippen LogP contribution < -0.4 is 15.8 Å². The molecule has 0 aromatic heterocycles. The summed E-state index contributed by atoms with van der Waals surface area (Å²) in [6.07, 6.45) is 2.00. The van der Waals surface area contributed by atoms with E-state index in [0.29, 0.717) is 10.2 Å². The third-order valence-corrected chi connectivity index (χ3v) is 4.00. The highest BCUT2D eigenvalue weighted by molar-refractivity contribution is 9.10. The number of anilines is 1. The van der Waals surface area contributed by atoms with E-state index in [9.17, 15) is 13.2 Å². The van der Waals surface area contributed by atoms with Gasteiger partial charge in [-0.3, -0.25) is 0 Å². The van der Waals surface area contributed by atoms with Gasteiger partial charge in [-0.05, 0) is 47.0 Å². The van der Waals surface area contributed by atoms with E-state index in [0.717, 1.165) is 12.8 Å². The third kappa shape index (κ3) is 3.44. The van der Waals surface area contributed by atoms with Crippen molar-refractivity contribution in [2.24, 2.45) is 5.14 Å². The largest absolute Gasteiger partial charge is 0.335 e. The summed E-state index contributed by atoms with van der Waals surface area (Å²) in [5.41, 5.74) is 0.487. The van der Waals surface area contributed by atoms with Gasteiger partial charge in [-0.1, -0.05) is 0 Å². The van der Waals surface area contributed by atoms with Gasteiger partial charge in [0.05, 0.1) is 10.6 Å². The molecule has 8 heteroatoms. The van der Waals surface area contributed by atoms with E-state index in [4.69, 9.17) is 5.14 Å². The summed E-state index contributed by atoms with van der Waals surface area (Å²) in [7, 11) is -3.74. The molecule has 1 aromatic carbocycles. The van der Waals surface area contributed by atoms with Crippen LogP contribution >= 0.6 is 15.9 Å². The number of amides is 2. The van der Waals surface area contributed by atoms with Crippen LogP contribution in [0.3, 0.4) is 0 Å². The average Bonchev–Trinajstić information content (AvgIpc) is 3.03. The standard InChI is InChI=1S/C10H12BrN3O3S/c11-8-5-7(18(12,16)17)3-4-9(8)14-10(15)13-6-1-2-6/h3-6H,1-2H2,(H2,12,16,17)(H2,13,14,15). The number of nitrogens with two attached hydrogens (primary N) is 1. The van der Waals surface area contributed by atoms with Crippen molar-refractivity contribution in [3.05, 3.63) is 22.7 Å². The van der Waals surface area contributed by atoms with Gasteiger partial charge in [0, 0.05) is 10.5 Å². The molecule has 0 aliphatic heterocycles. The minimum atomic E-state index is -3.74. The SMILES string of the molecule is NS(=O)(=O)c1ccc(NC(=O)NC2CC2)c(Br)c1. The first-order chi connectivity index (χ1) is 8.36. The number of primary sulfonamides is 1. The Morgan fingerprint density at radius 2 is 2.06 bits per heavy atom. The van der Waals surface area contributed by atoms with Crippen molar-refractivity contribution in [3.8, 4) is 0 Å². The van der Waals surface area contributed by atoms with Crippen LogP contribution in [-0.4, -0.2) is 20.5 Å². The van der Waals surface area contributed by atoms with Gasteiger partial charge in [0.2, 0.25) is 10.0 Å². The molecule has 0 unspecified atom stereocenters. The van der Waals surface area contributed by atoms with Gasteiger partial charge in [0.15, 0.2) is 0 Å². The van der Waals surface area contributed by atoms with Crippen LogP contribution in [0.25, 0.3) is 0 Å². The normalized spacial score (nSPS) is 15.2. The molecule has 0 saturated heterocycles. The molecule has 0 spiro atoms. The number of hydrogen-bond acceptors (Lipinski definition) is 3. The van der Waals surface area contributed by atoms with Crippen molar-refractivity contribution in [2.45, 2.75) is 23.8 Å². The van der Waals surface area contributed by atoms with Gasteiger partial charge in [-0.2, -0.15) is 0 Å². The summed E-state index contributed by atoms with van der Waals surface area (Å²) in [5.74, 6) is 0. The molecule has 4 N–H and O–H groups in total. The second-order valence-corrected chi connectivity index (χ2v) is 6.48. The van der Waals surface area contributed by atoms with Crippen molar-refractivity contribution in [1.82, 2.24) is 5.32 Å². The maximum Gasteiger partial charge on any atom is 0.319 e. The number of carbonyl (C=O) groups excluding carboxylic acids is 1. The Bertz CT molecular complexity index is 584. The fourth-order valence-corrected chi connectivity index (χ4v) is 2.51. The Morgan fingerprint density at radius 1 is 1.39 bits per heavy atom. The van der Waals surface area contributed by atoms with Crippen molar-refractivity contribution in [3.63, 3.8) is 0 Å². The monoisotopic (exact) mass is 333 g/mol. The van der Waals surface area contributed by atoms with E-state index in [1.807, 2.05) is 0 Å². The molecule has 1 saturated carbocycles. The maximum absolute atomic E-state index is 11.5. The number of benzene rings is 1. The number of sulfonamides is 1. The van der Waals surface area contributed by atoms with E-state index in [2.05, 4.69) is 26.6 Å². The molecule has 1 fully saturated rings. The minimum Gasteiger partial charge on any atom is -0.335 e. The van der Waals surface area contributed by atoms with Crippen LogP contribution in [0.5, 0.6) is 0 Å². The van der Waals surface area contributed by atoms with Crippen LogP contribution in [0.15, 0.2) is 27.6 Å². The lowest BCUT2D eigenvalue weighted by Crippen LogP contribution is -2.30. The summed E-state index contributed by atoms with van der Waals surface area (Å²) in [4.78, 5) is 11.5. The molecule has 2 amide bonds. The van der Waals surface area contributed by atoms with Crippen LogP contribution in [0.1, 0.15) is 12.8 Å². The first kappa shape index (κ1) is 13.3. The van der Waals surface area contributed by atoms with Gasteiger partial charge in [-0.15, -0.1) is 0 Å². The van der Waals surface area contributed by atoms with E-state index < -0.39 is 10.0 Å². The van der Waals surface area contributed by atoms with Gasteiger partial charge in [-0.25, -0.2) is 18.4 Å². The van der Waals surface area contributed by atoms with E-state index >= 15 is 0 Å². The predicted octanol–water partition coefficient (Wildman–Crippen LogP) is 1.38. The lowest BCUT2D eigenvalue weighted by molar-refractivity contribution is 0.251. The molecule has 1 aliphatic rings. The third-order valence-electron chi connectivity index (χ3n) is 2.43. The smallest absolute Gasteiger partial charge is 0.319 e. The molecule has 6 nitrogen and oxygen atoms in total. The number of halogens is 1. The second-order valence-electron chi connectivity index (χ2n) is 4.06. The van der Waals surface area contributed by atoms with Gasteiger partial charge in [0.1, 0.15) is 0 Å². The highest BCUT2D eigenvalue weighted by Gasteiger charge is 2.23. The molecule has 0 radical (unpaired) electrons. The Morgan fingerprint density at radius 3 is 2.56 bits per heavy atom. The van der Waals surface area contributed by atoms with E-state index in [1.165, 1.54) is 18.2 Å². The molecular weight excluding hydrogens is 322 g/mol. The first-order valence-electron chi connectivity index (χ1n) is 5.26. The number of hydrogen-bond donors (Lipinski definition) is 3. The van der Waals surface area contributed by atoms with Gasteiger partial charge >= 0.3 is 6.03 Å². The lowest BCUT2D eigenvalue weighted by Gasteiger charge is -2.09. The Labute approximate surface area is 113 Å². The molecule has 0 atom stereocenters. The van der Waals surface area contributed by atoms with Gasteiger partial charge < -0.3 is 10.6 Å². The number of carbonyl (C=O) groups is 1. The summed E-state index contributed by atoms with van der Waals surface area (Å²) in [5, 5.41) is 10.4. The molecule has 1 aliphatic carbocycles. The Kier molecular flexibility index (Phi) is 3.60. The van der Waals surface area contributed by atoms with Crippen molar-refractivity contribution in [1.29, 1.82) is 0 Å². The van der Waals surface area contributed by atoms with Crippen LogP contribution in [0.2, 0.25) is 0 Å². The Balaban J connectivity index is 2.11. The zero-order valence-corrected chi connectivity index (χ0v) is 11.7. The minimum absolute atomic E-state index is 0.0115. The summed E-state index contributed by atoms with van der Waals surface area (Å²) >= 11 is 3.19. The van der Waals surface area contributed by atoms with Crippen molar-refractivity contribution >= 4 is 37.7 Å². The molecule has 0 heterocycles. The number of urea groups is 1.